The lowest BCUT2D eigenvalue weighted by atomic mass is 10.0. The number of ether oxygens (including phenoxy) is 1. The van der Waals surface area contributed by atoms with Crippen molar-refractivity contribution in [1.29, 1.82) is 0 Å². The molecule has 0 aliphatic carbocycles. The number of nitrogens with zero attached hydrogens (tertiary/aromatic N) is 2. The normalized spacial score (nSPS) is 15.8. The van der Waals surface area contributed by atoms with Gasteiger partial charge in [0.05, 0.1) is 0 Å². The van der Waals surface area contributed by atoms with Crippen molar-refractivity contribution in [2.45, 2.75) is 56.7 Å². The highest BCUT2D eigenvalue weighted by atomic mass is 32.2. The highest BCUT2D eigenvalue weighted by Gasteiger charge is 2.19. The van der Waals surface area contributed by atoms with E-state index in [4.69, 9.17) is 4.74 Å². The molecule has 3 aromatic carbocycles. The zero-order chi connectivity index (χ0) is 25.9. The Bertz CT molecular complexity index is 1090. The molecule has 1 heterocycles. The summed E-state index contributed by atoms with van der Waals surface area (Å²) >= 11 is 1.69. The number of carbonyl (C=O) groups is 1. The number of anilines is 1. The van der Waals surface area contributed by atoms with Crippen LogP contribution in [0, 0.1) is 0 Å². The van der Waals surface area contributed by atoms with E-state index in [1.165, 1.54) is 30.7 Å². The van der Waals surface area contributed by atoms with Crippen LogP contribution in [0.2, 0.25) is 0 Å². The third-order valence-corrected chi connectivity index (χ3v) is 7.73. The van der Waals surface area contributed by atoms with Crippen LogP contribution in [0.25, 0.3) is 0 Å². The minimum absolute atomic E-state index is 0.0620. The van der Waals surface area contributed by atoms with Crippen LogP contribution in [0.15, 0.2) is 83.8 Å². The van der Waals surface area contributed by atoms with E-state index in [2.05, 4.69) is 47.7 Å². The van der Waals surface area contributed by atoms with Crippen LogP contribution < -0.4 is 10.1 Å². The maximum absolute atomic E-state index is 13.3. The zero-order valence-corrected chi connectivity index (χ0v) is 22.9. The van der Waals surface area contributed by atoms with Crippen molar-refractivity contribution < 1.29 is 9.53 Å². The van der Waals surface area contributed by atoms with Crippen molar-refractivity contribution >= 4 is 23.5 Å². The third-order valence-electron chi connectivity index (χ3n) is 6.99. The van der Waals surface area contributed by atoms with Crippen molar-refractivity contribution in [1.82, 2.24) is 9.80 Å². The predicted octanol–water partition coefficient (Wildman–Crippen LogP) is 7.29. The van der Waals surface area contributed by atoms with Crippen LogP contribution in [0.4, 0.5) is 10.5 Å². The summed E-state index contributed by atoms with van der Waals surface area (Å²) in [4.78, 5) is 19.0. The fourth-order valence-electron chi connectivity index (χ4n) is 4.74. The van der Waals surface area contributed by atoms with Gasteiger partial charge in [0.1, 0.15) is 12.4 Å². The van der Waals surface area contributed by atoms with Crippen LogP contribution >= 0.6 is 11.8 Å². The van der Waals surface area contributed by atoms with E-state index in [1.807, 2.05) is 59.5 Å². The number of thioether (sulfide) groups is 1. The molecule has 37 heavy (non-hydrogen) atoms. The molecule has 5 nitrogen and oxygen atoms in total. The highest BCUT2D eigenvalue weighted by Crippen LogP contribution is 2.20. The summed E-state index contributed by atoms with van der Waals surface area (Å²) in [5.74, 6) is 0.830. The van der Waals surface area contributed by atoms with E-state index >= 15 is 0 Å². The van der Waals surface area contributed by atoms with Crippen molar-refractivity contribution in [3.05, 3.63) is 90.0 Å². The number of likely N-dealkylation sites (tertiary alicyclic amines) is 1. The number of urea groups is 1. The van der Waals surface area contributed by atoms with Gasteiger partial charge in [-0.05, 0) is 86.5 Å². The van der Waals surface area contributed by atoms with Crippen LogP contribution in [-0.4, -0.2) is 47.8 Å². The van der Waals surface area contributed by atoms with Gasteiger partial charge in [-0.2, -0.15) is 0 Å². The summed E-state index contributed by atoms with van der Waals surface area (Å²) in [6.07, 6.45) is 6.89. The van der Waals surface area contributed by atoms with Crippen LogP contribution in [0.5, 0.6) is 5.75 Å². The first kappa shape index (κ1) is 27.1. The Hall–Kier alpha value is -2.96. The SMILES string of the molecule is CSc1ccc(NC(=O)N(CCCN2CCCCC2C)Cc2ccc(OCc3ccccc3)cc2)cc1. The average Bonchev–Trinajstić information content (AvgIpc) is 2.94. The number of nitrogens with one attached hydrogen (secondary N) is 1. The van der Waals surface area contributed by atoms with Gasteiger partial charge in [-0.15, -0.1) is 11.8 Å². The highest BCUT2D eigenvalue weighted by molar-refractivity contribution is 7.98. The topological polar surface area (TPSA) is 44.8 Å². The van der Waals surface area contributed by atoms with Crippen LogP contribution in [0.1, 0.15) is 43.7 Å². The molecule has 1 N–H and O–H groups in total. The van der Waals surface area contributed by atoms with Gasteiger partial charge in [-0.3, -0.25) is 0 Å². The molecule has 0 bridgehead atoms. The molecular weight excluding hydrogens is 478 g/mol. The Balaban J connectivity index is 1.37. The molecule has 1 unspecified atom stereocenters. The zero-order valence-electron chi connectivity index (χ0n) is 22.1. The molecule has 0 radical (unpaired) electrons. The second-order valence-electron chi connectivity index (χ2n) is 9.73. The summed E-state index contributed by atoms with van der Waals surface area (Å²) in [5.41, 5.74) is 3.05. The molecular formula is C31H39N3O2S. The second-order valence-corrected chi connectivity index (χ2v) is 10.6. The third kappa shape index (κ3) is 8.54. The fraction of sp³-hybridized carbons (Fsp3) is 0.387. The number of carbonyl (C=O) groups excluding carboxylic acids is 1. The lowest BCUT2D eigenvalue weighted by Gasteiger charge is -2.34. The lowest BCUT2D eigenvalue weighted by molar-refractivity contribution is 0.150. The van der Waals surface area contributed by atoms with Gasteiger partial charge < -0.3 is 19.9 Å². The molecule has 1 aliphatic heterocycles. The molecule has 1 aliphatic rings. The standard InChI is InChI=1S/C31H39N3O2S/c1-25-9-6-7-20-33(25)21-8-22-34(31(35)32-28-14-18-30(37-2)19-15-28)23-26-12-16-29(17-13-26)36-24-27-10-4-3-5-11-27/h3-5,10-19,25H,6-9,20-24H2,1-2H3,(H,32,35). The number of hydrogen-bond donors (Lipinski definition) is 1. The Morgan fingerprint density at radius 2 is 1.76 bits per heavy atom. The number of amides is 2. The van der Waals surface area contributed by atoms with E-state index < -0.39 is 0 Å². The van der Waals surface area contributed by atoms with Gasteiger partial charge in [0.25, 0.3) is 0 Å². The van der Waals surface area contributed by atoms with Crippen LogP contribution in [-0.2, 0) is 13.2 Å². The molecule has 1 fully saturated rings. The van der Waals surface area contributed by atoms with E-state index in [0.717, 1.165) is 35.5 Å². The van der Waals surface area contributed by atoms with Gasteiger partial charge >= 0.3 is 6.03 Å². The van der Waals surface area contributed by atoms with Gasteiger partial charge in [0.15, 0.2) is 0 Å². The molecule has 4 rings (SSSR count). The smallest absolute Gasteiger partial charge is 0.322 e. The van der Waals surface area contributed by atoms with Crippen LogP contribution in [0.3, 0.4) is 0 Å². The first-order valence-corrected chi connectivity index (χ1v) is 14.5. The maximum Gasteiger partial charge on any atom is 0.322 e. The number of hydrogen-bond acceptors (Lipinski definition) is 4. The summed E-state index contributed by atoms with van der Waals surface area (Å²) < 4.78 is 5.94. The van der Waals surface area contributed by atoms with Gasteiger partial charge in [0.2, 0.25) is 0 Å². The van der Waals surface area contributed by atoms with E-state index in [9.17, 15) is 4.79 Å². The van der Waals surface area contributed by atoms with Gasteiger partial charge in [-0.25, -0.2) is 4.79 Å². The molecule has 3 aromatic rings. The van der Waals surface area contributed by atoms with E-state index in [1.54, 1.807) is 11.8 Å². The van der Waals surface area contributed by atoms with E-state index in [-0.39, 0.29) is 6.03 Å². The Morgan fingerprint density at radius 3 is 2.46 bits per heavy atom. The minimum Gasteiger partial charge on any atom is -0.489 e. The monoisotopic (exact) mass is 517 g/mol. The number of benzene rings is 3. The average molecular weight is 518 g/mol. The largest absolute Gasteiger partial charge is 0.489 e. The molecule has 1 atom stereocenters. The predicted molar refractivity (Wildman–Crippen MR) is 154 cm³/mol. The molecule has 196 valence electrons. The first-order valence-electron chi connectivity index (χ1n) is 13.3. The maximum atomic E-state index is 13.3. The summed E-state index contributed by atoms with van der Waals surface area (Å²) in [5, 5.41) is 3.10. The first-order chi connectivity index (χ1) is 18.1. The van der Waals surface area contributed by atoms with Gasteiger partial charge in [0, 0.05) is 36.3 Å². The van der Waals surface area contributed by atoms with Crippen molar-refractivity contribution in [3.63, 3.8) is 0 Å². The van der Waals surface area contributed by atoms with E-state index in [0.29, 0.717) is 25.7 Å². The summed E-state index contributed by atoms with van der Waals surface area (Å²) in [6, 6.07) is 26.8. The summed E-state index contributed by atoms with van der Waals surface area (Å²) in [7, 11) is 0. The Labute approximate surface area is 226 Å². The minimum atomic E-state index is -0.0620. The Morgan fingerprint density at radius 1 is 1.00 bits per heavy atom. The molecule has 0 spiro atoms. The fourth-order valence-corrected chi connectivity index (χ4v) is 5.14. The molecule has 2 amide bonds. The summed E-state index contributed by atoms with van der Waals surface area (Å²) in [6.45, 7) is 6.33. The molecule has 1 saturated heterocycles. The van der Waals surface area contributed by atoms with Crippen molar-refractivity contribution in [2.75, 3.05) is 31.2 Å². The lowest BCUT2D eigenvalue weighted by Crippen LogP contribution is -2.40. The molecule has 0 aromatic heterocycles. The quantitative estimate of drug-likeness (QED) is 0.271. The van der Waals surface area contributed by atoms with Crippen molar-refractivity contribution in [2.24, 2.45) is 0 Å². The van der Waals surface area contributed by atoms with Crippen molar-refractivity contribution in [3.8, 4) is 5.75 Å². The molecule has 0 saturated carbocycles. The number of piperidine rings is 1. The molecule has 6 heteroatoms. The number of rotatable bonds is 11. The Kier molecular flexibility index (Phi) is 10.3. The second kappa shape index (κ2) is 14.1. The van der Waals surface area contributed by atoms with Gasteiger partial charge in [-0.1, -0.05) is 48.9 Å².